The van der Waals surface area contributed by atoms with E-state index in [4.69, 9.17) is 4.74 Å². The van der Waals surface area contributed by atoms with Gasteiger partial charge in [-0.25, -0.2) is 0 Å². The summed E-state index contributed by atoms with van der Waals surface area (Å²) in [6, 6.07) is 13.7. The van der Waals surface area contributed by atoms with Crippen LogP contribution in [0.4, 0.5) is 5.69 Å². The second kappa shape index (κ2) is 25.2. The van der Waals surface area contributed by atoms with Crippen molar-refractivity contribution in [2.45, 2.75) is 140 Å². The highest BCUT2D eigenvalue weighted by molar-refractivity contribution is 8.00. The number of carbonyl (C=O) groups excluding carboxylic acids is 6. The van der Waals surface area contributed by atoms with Gasteiger partial charge in [0.2, 0.25) is 23.6 Å². The van der Waals surface area contributed by atoms with Gasteiger partial charge < -0.3 is 20.2 Å². The summed E-state index contributed by atoms with van der Waals surface area (Å²) in [5.74, 6) is 0.222. The quantitative estimate of drug-likeness (QED) is 0.0458. The zero-order valence-corrected chi connectivity index (χ0v) is 33.4. The van der Waals surface area contributed by atoms with Crippen LogP contribution in [-0.4, -0.2) is 72.0 Å². The fourth-order valence-electron chi connectivity index (χ4n) is 7.56. The van der Waals surface area contributed by atoms with Crippen LogP contribution in [0.15, 0.2) is 42.5 Å². The molecule has 2 unspecified atom stereocenters. The number of ether oxygens (including phenoxy) is 1. The zero-order chi connectivity index (χ0) is 39.1. The maximum atomic E-state index is 13.0. The highest BCUT2D eigenvalue weighted by Gasteiger charge is 2.38. The predicted octanol–water partition coefficient (Wildman–Crippen LogP) is 8.50. The molecule has 1 heterocycles. The molecular formula is C44H61N3O7S. The van der Waals surface area contributed by atoms with Crippen molar-refractivity contribution >= 4 is 53.8 Å². The van der Waals surface area contributed by atoms with Crippen LogP contribution < -0.4 is 10.6 Å². The topological polar surface area (TPSA) is 139 Å². The first kappa shape index (κ1) is 43.7. The Morgan fingerprint density at radius 2 is 1.40 bits per heavy atom. The molecule has 4 rings (SSSR count). The summed E-state index contributed by atoms with van der Waals surface area (Å²) < 4.78 is 5.12. The van der Waals surface area contributed by atoms with Gasteiger partial charge in [-0.3, -0.25) is 28.9 Å². The summed E-state index contributed by atoms with van der Waals surface area (Å²) in [6.07, 6.45) is 20.7. The van der Waals surface area contributed by atoms with E-state index >= 15 is 0 Å². The van der Waals surface area contributed by atoms with Crippen LogP contribution in [0.5, 0.6) is 0 Å². The fraction of sp³-hybridized carbons (Fsp3) is 0.591. The number of amides is 4. The van der Waals surface area contributed by atoms with Gasteiger partial charge in [0.25, 0.3) is 6.47 Å². The van der Waals surface area contributed by atoms with Gasteiger partial charge in [-0.1, -0.05) is 107 Å². The lowest BCUT2D eigenvalue weighted by Gasteiger charge is -2.16. The molecule has 10 nitrogen and oxygen atoms in total. The van der Waals surface area contributed by atoms with E-state index in [0.29, 0.717) is 31.5 Å². The lowest BCUT2D eigenvalue weighted by atomic mass is 9.97. The molecule has 11 heteroatoms. The Balaban J connectivity index is 0.976. The number of rotatable bonds is 30. The number of fused-ring (bicyclic) bond motifs is 3. The molecule has 1 saturated heterocycles. The van der Waals surface area contributed by atoms with Gasteiger partial charge in [0.15, 0.2) is 0 Å². The molecule has 1 aliphatic heterocycles. The van der Waals surface area contributed by atoms with Crippen molar-refractivity contribution in [3.8, 4) is 11.1 Å². The van der Waals surface area contributed by atoms with Gasteiger partial charge in [0.05, 0.1) is 5.25 Å². The van der Waals surface area contributed by atoms with E-state index in [1.54, 1.807) is 11.8 Å². The average Bonchev–Trinajstić information content (AvgIpc) is 3.64. The lowest BCUT2D eigenvalue weighted by Crippen LogP contribution is -2.34. The number of unbranched alkanes of at least 4 members (excludes halogenated alkanes) is 15. The van der Waals surface area contributed by atoms with E-state index in [-0.39, 0.29) is 60.8 Å². The van der Waals surface area contributed by atoms with Crippen molar-refractivity contribution in [1.82, 2.24) is 10.2 Å². The summed E-state index contributed by atoms with van der Waals surface area (Å²) in [4.78, 5) is 72.9. The molecule has 2 atom stereocenters. The Morgan fingerprint density at radius 1 is 0.745 bits per heavy atom. The number of hydrogen-bond acceptors (Lipinski definition) is 8. The normalized spacial score (nSPS) is 15.8. The maximum Gasteiger partial charge on any atom is 0.293 e. The fourth-order valence-corrected chi connectivity index (χ4v) is 8.75. The van der Waals surface area contributed by atoms with Gasteiger partial charge in [-0.05, 0) is 65.8 Å². The number of nitrogens with zero attached hydrogens (tertiary/aromatic N) is 1. The molecule has 0 aromatic heterocycles. The van der Waals surface area contributed by atoms with Crippen LogP contribution >= 0.6 is 11.8 Å². The molecule has 300 valence electrons. The minimum Gasteiger partial charge on any atom is -0.467 e. The van der Waals surface area contributed by atoms with Crippen LogP contribution in [0.1, 0.15) is 145 Å². The standard InChI is InChI=1S/C44H61N3O7S/c48-28-18-12-11-17-26-45-41(50)22-14-10-8-6-4-2-1-3-5-7-9-13-19-29-55-40-31-43(52)47(44(40)53)27-25-42(51)46-34-23-24-37-35-20-15-16-21-36(35)39(32-54-33-49)38(37)30-34/h15-16,20-21,23-24,28,30,33,39-40H,1-14,17-19,22,25-27,29,31-32H2,(H,45,50)(H,46,51). The van der Waals surface area contributed by atoms with Gasteiger partial charge >= 0.3 is 0 Å². The zero-order valence-electron chi connectivity index (χ0n) is 32.5. The Kier molecular flexibility index (Phi) is 20.1. The summed E-state index contributed by atoms with van der Waals surface area (Å²) in [5, 5.41) is 5.53. The van der Waals surface area contributed by atoms with Crippen molar-refractivity contribution in [3.05, 3.63) is 53.6 Å². The molecule has 1 fully saturated rings. The van der Waals surface area contributed by atoms with Gasteiger partial charge in [0, 0.05) is 50.4 Å². The Bertz CT molecular complexity index is 1550. The number of imide groups is 1. The molecule has 0 radical (unpaired) electrons. The highest BCUT2D eigenvalue weighted by Crippen LogP contribution is 2.45. The molecule has 4 amide bonds. The van der Waals surface area contributed by atoms with Crippen molar-refractivity contribution in [1.29, 1.82) is 0 Å². The molecule has 2 aliphatic rings. The Morgan fingerprint density at radius 3 is 2.11 bits per heavy atom. The van der Waals surface area contributed by atoms with Gasteiger partial charge in [-0.2, -0.15) is 0 Å². The maximum absolute atomic E-state index is 13.0. The summed E-state index contributed by atoms with van der Waals surface area (Å²) >= 11 is 1.57. The molecule has 0 saturated carbocycles. The van der Waals surface area contributed by atoms with E-state index < -0.39 is 0 Å². The highest BCUT2D eigenvalue weighted by atomic mass is 32.2. The van der Waals surface area contributed by atoms with Gasteiger partial charge in [0.1, 0.15) is 12.9 Å². The third kappa shape index (κ3) is 14.9. The van der Waals surface area contributed by atoms with Crippen molar-refractivity contribution in [3.63, 3.8) is 0 Å². The Labute approximate surface area is 331 Å². The minimum atomic E-state index is -0.361. The molecular weight excluding hydrogens is 715 g/mol. The number of likely N-dealkylation sites (tertiary alicyclic amines) is 1. The number of anilines is 1. The first-order valence-electron chi connectivity index (χ1n) is 20.7. The summed E-state index contributed by atoms with van der Waals surface area (Å²) in [6.45, 7) is 1.45. The van der Waals surface area contributed by atoms with E-state index in [1.165, 1.54) is 62.7 Å². The number of thioether (sulfide) groups is 1. The Hall–Kier alpha value is -3.99. The molecule has 0 bridgehead atoms. The first-order chi connectivity index (χ1) is 26.9. The van der Waals surface area contributed by atoms with Crippen LogP contribution in [0.25, 0.3) is 11.1 Å². The number of carbonyl (C=O) groups is 6. The van der Waals surface area contributed by atoms with Crippen molar-refractivity contribution < 1.29 is 33.5 Å². The molecule has 0 spiro atoms. The van der Waals surface area contributed by atoms with Gasteiger partial charge in [-0.15, -0.1) is 11.8 Å². The van der Waals surface area contributed by atoms with E-state index in [9.17, 15) is 28.8 Å². The van der Waals surface area contributed by atoms with Crippen LogP contribution in [0, 0.1) is 0 Å². The minimum absolute atomic E-state index is 0.0262. The van der Waals surface area contributed by atoms with E-state index in [2.05, 4.69) is 10.6 Å². The second-order valence-corrected chi connectivity index (χ2v) is 16.1. The average molecular weight is 776 g/mol. The summed E-state index contributed by atoms with van der Waals surface area (Å²) in [7, 11) is 0. The third-order valence-corrected chi connectivity index (χ3v) is 11.9. The first-order valence-corrected chi connectivity index (χ1v) is 21.7. The summed E-state index contributed by atoms with van der Waals surface area (Å²) in [5.41, 5.74) is 4.81. The number of nitrogens with one attached hydrogen (secondary N) is 2. The van der Waals surface area contributed by atoms with E-state index in [0.717, 1.165) is 79.2 Å². The molecule has 2 N–H and O–H groups in total. The number of benzene rings is 2. The predicted molar refractivity (Wildman–Crippen MR) is 219 cm³/mol. The van der Waals surface area contributed by atoms with Crippen LogP contribution in [0.2, 0.25) is 0 Å². The largest absolute Gasteiger partial charge is 0.467 e. The van der Waals surface area contributed by atoms with Crippen LogP contribution in [0.3, 0.4) is 0 Å². The number of aldehydes is 1. The van der Waals surface area contributed by atoms with Crippen molar-refractivity contribution in [2.24, 2.45) is 0 Å². The number of hydrogen-bond donors (Lipinski definition) is 2. The van der Waals surface area contributed by atoms with Crippen LogP contribution in [-0.2, 0) is 33.5 Å². The second-order valence-electron chi connectivity index (χ2n) is 14.8. The molecule has 2 aromatic rings. The monoisotopic (exact) mass is 775 g/mol. The van der Waals surface area contributed by atoms with E-state index in [1.807, 2.05) is 42.5 Å². The smallest absolute Gasteiger partial charge is 0.293 e. The van der Waals surface area contributed by atoms with Crippen molar-refractivity contribution in [2.75, 3.05) is 30.8 Å². The molecule has 1 aliphatic carbocycles. The third-order valence-electron chi connectivity index (χ3n) is 10.6. The molecule has 2 aromatic carbocycles. The molecule has 55 heavy (non-hydrogen) atoms. The SMILES string of the molecule is O=CCCCCCNC(=O)CCCCCCCCCCCCCCCSC1CC(=O)N(CCC(=O)Nc2ccc3c(c2)C(COC=O)c2ccccc2-3)C1=O. The lowest BCUT2D eigenvalue weighted by molar-refractivity contribution is -0.138.